The molecule has 1 amide bonds. The molecule has 2 fully saturated rings. The summed E-state index contributed by atoms with van der Waals surface area (Å²) < 4.78 is 5.40. The maximum absolute atomic E-state index is 11.9. The first-order valence-corrected chi connectivity index (χ1v) is 6.57. The third-order valence-electron chi connectivity index (χ3n) is 3.83. The molecule has 0 radical (unpaired) electrons. The second-order valence-electron chi connectivity index (χ2n) is 6.48. The van der Waals surface area contributed by atoms with Gasteiger partial charge in [-0.05, 0) is 57.9 Å². The van der Waals surface area contributed by atoms with Gasteiger partial charge in [-0.2, -0.15) is 0 Å². The Morgan fingerprint density at radius 1 is 1.29 bits per heavy atom. The van der Waals surface area contributed by atoms with Crippen LogP contribution in [0.25, 0.3) is 0 Å². The van der Waals surface area contributed by atoms with Gasteiger partial charge in [-0.3, -0.25) is 0 Å². The van der Waals surface area contributed by atoms with Gasteiger partial charge in [0.2, 0.25) is 0 Å². The summed E-state index contributed by atoms with van der Waals surface area (Å²) >= 11 is 0. The van der Waals surface area contributed by atoms with E-state index >= 15 is 0 Å². The summed E-state index contributed by atoms with van der Waals surface area (Å²) in [6.45, 7) is 8.23. The lowest BCUT2D eigenvalue weighted by atomic mass is 10.0. The minimum absolute atomic E-state index is 0.156. The van der Waals surface area contributed by atoms with Crippen molar-refractivity contribution >= 4 is 6.09 Å². The van der Waals surface area contributed by atoms with Crippen LogP contribution in [0.4, 0.5) is 4.79 Å². The molecule has 1 aliphatic carbocycles. The van der Waals surface area contributed by atoms with Gasteiger partial charge in [-0.15, -0.1) is 0 Å². The van der Waals surface area contributed by atoms with E-state index in [4.69, 9.17) is 10.5 Å². The molecule has 17 heavy (non-hydrogen) atoms. The highest BCUT2D eigenvalue weighted by Gasteiger charge is 2.42. The van der Waals surface area contributed by atoms with Crippen molar-refractivity contribution in [2.45, 2.75) is 39.2 Å². The Bertz CT molecular complexity index is 284. The molecule has 1 saturated heterocycles. The third kappa shape index (κ3) is 2.92. The van der Waals surface area contributed by atoms with Crippen molar-refractivity contribution in [2.75, 3.05) is 19.6 Å². The fraction of sp³-hybridized carbons (Fsp3) is 0.923. The first-order valence-electron chi connectivity index (χ1n) is 6.57. The predicted octanol–water partition coefficient (Wildman–Crippen LogP) is 1.84. The molecule has 0 aromatic heterocycles. The van der Waals surface area contributed by atoms with Crippen LogP contribution in [0, 0.1) is 17.8 Å². The molecule has 4 nitrogen and oxygen atoms in total. The van der Waals surface area contributed by atoms with Gasteiger partial charge in [0.05, 0.1) is 0 Å². The van der Waals surface area contributed by atoms with E-state index < -0.39 is 5.60 Å². The van der Waals surface area contributed by atoms with Crippen LogP contribution in [0.5, 0.6) is 0 Å². The second kappa shape index (κ2) is 4.48. The number of hydrogen-bond acceptors (Lipinski definition) is 3. The molecule has 2 aliphatic rings. The molecular formula is C13H24N2O2. The number of carbonyl (C=O) groups is 1. The van der Waals surface area contributed by atoms with E-state index in [1.165, 1.54) is 12.8 Å². The Balaban J connectivity index is 1.86. The molecule has 98 valence electrons. The lowest BCUT2D eigenvalue weighted by Gasteiger charge is -2.25. The normalized spacial score (nSPS) is 32.7. The minimum Gasteiger partial charge on any atom is -0.444 e. The summed E-state index contributed by atoms with van der Waals surface area (Å²) in [5.41, 5.74) is 5.32. The Hall–Kier alpha value is -0.770. The topological polar surface area (TPSA) is 55.6 Å². The third-order valence-corrected chi connectivity index (χ3v) is 3.83. The molecule has 2 atom stereocenters. The SMILES string of the molecule is CC(C)(C)OC(=O)N1CC2CC(CN)CC2C1. The Kier molecular flexibility index (Phi) is 3.34. The summed E-state index contributed by atoms with van der Waals surface area (Å²) in [7, 11) is 0. The molecule has 1 heterocycles. The molecule has 0 spiro atoms. The highest BCUT2D eigenvalue weighted by molar-refractivity contribution is 5.68. The molecule has 2 rings (SSSR count). The quantitative estimate of drug-likeness (QED) is 0.761. The van der Waals surface area contributed by atoms with Gasteiger partial charge in [0, 0.05) is 13.1 Å². The van der Waals surface area contributed by atoms with Crippen LogP contribution in [0.15, 0.2) is 0 Å². The van der Waals surface area contributed by atoms with Gasteiger partial charge in [0.25, 0.3) is 0 Å². The van der Waals surface area contributed by atoms with Crippen LogP contribution >= 0.6 is 0 Å². The smallest absolute Gasteiger partial charge is 0.410 e. The molecule has 1 aliphatic heterocycles. The number of likely N-dealkylation sites (tertiary alicyclic amines) is 1. The van der Waals surface area contributed by atoms with Crippen molar-refractivity contribution in [3.05, 3.63) is 0 Å². The van der Waals surface area contributed by atoms with E-state index in [1.807, 2.05) is 25.7 Å². The standard InChI is InChI=1S/C13H24N2O2/c1-13(2,3)17-12(16)15-7-10-4-9(6-14)5-11(10)8-15/h9-11H,4-8,14H2,1-3H3. The van der Waals surface area contributed by atoms with Gasteiger partial charge in [0.15, 0.2) is 0 Å². The lowest BCUT2D eigenvalue weighted by Crippen LogP contribution is -2.36. The van der Waals surface area contributed by atoms with E-state index in [0.29, 0.717) is 17.8 Å². The number of rotatable bonds is 1. The molecule has 4 heteroatoms. The second-order valence-corrected chi connectivity index (χ2v) is 6.48. The highest BCUT2D eigenvalue weighted by Crippen LogP contribution is 2.41. The van der Waals surface area contributed by atoms with E-state index in [0.717, 1.165) is 19.6 Å². The summed E-state index contributed by atoms with van der Waals surface area (Å²) in [6.07, 6.45) is 2.21. The largest absolute Gasteiger partial charge is 0.444 e. The van der Waals surface area contributed by atoms with Gasteiger partial charge < -0.3 is 15.4 Å². The number of carbonyl (C=O) groups excluding carboxylic acids is 1. The molecule has 2 N–H and O–H groups in total. The number of hydrogen-bond donors (Lipinski definition) is 1. The zero-order valence-corrected chi connectivity index (χ0v) is 11.1. The van der Waals surface area contributed by atoms with Crippen molar-refractivity contribution in [3.63, 3.8) is 0 Å². The van der Waals surface area contributed by atoms with Crippen LogP contribution in [-0.4, -0.2) is 36.2 Å². The Morgan fingerprint density at radius 3 is 2.24 bits per heavy atom. The summed E-state index contributed by atoms with van der Waals surface area (Å²) in [4.78, 5) is 13.8. The van der Waals surface area contributed by atoms with Gasteiger partial charge in [-0.1, -0.05) is 0 Å². The fourth-order valence-corrected chi connectivity index (χ4v) is 3.09. The van der Waals surface area contributed by atoms with E-state index in [2.05, 4.69) is 0 Å². The Labute approximate surface area is 103 Å². The van der Waals surface area contributed by atoms with Gasteiger partial charge >= 0.3 is 6.09 Å². The van der Waals surface area contributed by atoms with Crippen molar-refractivity contribution in [3.8, 4) is 0 Å². The van der Waals surface area contributed by atoms with Gasteiger partial charge in [0.1, 0.15) is 5.60 Å². The first-order chi connectivity index (χ1) is 7.89. The average molecular weight is 240 g/mol. The van der Waals surface area contributed by atoms with Crippen molar-refractivity contribution in [2.24, 2.45) is 23.5 Å². The maximum atomic E-state index is 11.9. The molecule has 0 bridgehead atoms. The zero-order chi connectivity index (χ0) is 12.6. The maximum Gasteiger partial charge on any atom is 0.410 e. The number of fused-ring (bicyclic) bond motifs is 1. The van der Waals surface area contributed by atoms with Crippen LogP contribution in [0.1, 0.15) is 33.6 Å². The fourth-order valence-electron chi connectivity index (χ4n) is 3.09. The van der Waals surface area contributed by atoms with Crippen molar-refractivity contribution in [1.82, 2.24) is 4.90 Å². The van der Waals surface area contributed by atoms with E-state index in [1.54, 1.807) is 0 Å². The first kappa shape index (κ1) is 12.7. The van der Waals surface area contributed by atoms with E-state index in [-0.39, 0.29) is 6.09 Å². The molecule has 2 unspecified atom stereocenters. The van der Waals surface area contributed by atoms with Crippen LogP contribution in [-0.2, 0) is 4.74 Å². The summed E-state index contributed by atoms with van der Waals surface area (Å²) in [5, 5.41) is 0. The number of ether oxygens (including phenoxy) is 1. The lowest BCUT2D eigenvalue weighted by molar-refractivity contribution is 0.0278. The average Bonchev–Trinajstić information content (AvgIpc) is 2.70. The molecular weight excluding hydrogens is 216 g/mol. The summed E-state index contributed by atoms with van der Waals surface area (Å²) in [5.74, 6) is 1.97. The molecule has 1 saturated carbocycles. The van der Waals surface area contributed by atoms with Crippen molar-refractivity contribution < 1.29 is 9.53 Å². The minimum atomic E-state index is -0.394. The monoisotopic (exact) mass is 240 g/mol. The van der Waals surface area contributed by atoms with E-state index in [9.17, 15) is 4.79 Å². The van der Waals surface area contributed by atoms with Crippen molar-refractivity contribution in [1.29, 1.82) is 0 Å². The number of amides is 1. The summed E-state index contributed by atoms with van der Waals surface area (Å²) in [6, 6.07) is 0. The van der Waals surface area contributed by atoms with Gasteiger partial charge in [-0.25, -0.2) is 4.79 Å². The number of nitrogens with zero attached hydrogens (tertiary/aromatic N) is 1. The van der Waals surface area contributed by atoms with Crippen LogP contribution in [0.3, 0.4) is 0 Å². The Morgan fingerprint density at radius 2 is 1.82 bits per heavy atom. The van der Waals surface area contributed by atoms with Crippen LogP contribution < -0.4 is 5.73 Å². The molecule has 0 aromatic carbocycles. The van der Waals surface area contributed by atoms with Crippen LogP contribution in [0.2, 0.25) is 0 Å². The number of nitrogens with two attached hydrogens (primary N) is 1. The molecule has 0 aromatic rings. The zero-order valence-electron chi connectivity index (χ0n) is 11.1. The highest BCUT2D eigenvalue weighted by atomic mass is 16.6. The predicted molar refractivity (Wildman–Crippen MR) is 66.6 cm³/mol.